The molecule has 1 aliphatic rings. The van der Waals surface area contributed by atoms with Crippen LogP contribution in [0.3, 0.4) is 0 Å². The van der Waals surface area contributed by atoms with E-state index in [0.717, 1.165) is 25.3 Å². The minimum atomic E-state index is 0.506. The number of aromatic nitrogens is 3. The fraction of sp³-hybridized carbons (Fsp3) is 0.833. The highest BCUT2D eigenvalue weighted by molar-refractivity contribution is 5.05. The maximum Gasteiger partial charge on any atom is 0.137 e. The third kappa shape index (κ3) is 2.12. The Balaban J connectivity index is 2.25. The van der Waals surface area contributed by atoms with Crippen molar-refractivity contribution in [2.75, 3.05) is 13.1 Å². The monoisotopic (exact) mass is 222 g/mol. The van der Waals surface area contributed by atoms with E-state index in [9.17, 15) is 0 Å². The molecule has 16 heavy (non-hydrogen) atoms. The SMILES string of the molecule is CCC(C)n1c(C)nnc1C1CCCNC1. The summed E-state index contributed by atoms with van der Waals surface area (Å²) in [5.74, 6) is 2.78. The Kier molecular flexibility index (Phi) is 3.59. The normalized spacial score (nSPS) is 23.3. The number of nitrogens with one attached hydrogen (secondary N) is 1. The first-order valence-corrected chi connectivity index (χ1v) is 6.36. The molecular weight excluding hydrogens is 200 g/mol. The highest BCUT2D eigenvalue weighted by Crippen LogP contribution is 2.25. The van der Waals surface area contributed by atoms with Crippen LogP contribution < -0.4 is 5.32 Å². The van der Waals surface area contributed by atoms with E-state index in [1.165, 1.54) is 18.7 Å². The van der Waals surface area contributed by atoms with E-state index in [1.807, 2.05) is 0 Å². The molecule has 2 rings (SSSR count). The summed E-state index contributed by atoms with van der Waals surface area (Å²) in [5.41, 5.74) is 0. The van der Waals surface area contributed by atoms with Crippen LogP contribution in [-0.4, -0.2) is 27.9 Å². The fourth-order valence-electron chi connectivity index (χ4n) is 2.46. The Bertz CT molecular complexity index is 339. The van der Waals surface area contributed by atoms with Gasteiger partial charge in [-0.05, 0) is 39.7 Å². The third-order valence-corrected chi connectivity index (χ3v) is 3.59. The van der Waals surface area contributed by atoms with Crippen LogP contribution in [0.5, 0.6) is 0 Å². The van der Waals surface area contributed by atoms with Gasteiger partial charge in [0.05, 0.1) is 0 Å². The van der Waals surface area contributed by atoms with Crippen LogP contribution in [0, 0.1) is 6.92 Å². The summed E-state index contributed by atoms with van der Waals surface area (Å²) < 4.78 is 2.32. The lowest BCUT2D eigenvalue weighted by Crippen LogP contribution is -2.30. The number of hydrogen-bond acceptors (Lipinski definition) is 3. The van der Waals surface area contributed by atoms with Crippen molar-refractivity contribution in [2.24, 2.45) is 0 Å². The van der Waals surface area contributed by atoms with Crippen molar-refractivity contribution in [2.45, 2.75) is 52.0 Å². The first kappa shape index (κ1) is 11.6. The van der Waals surface area contributed by atoms with Crippen LogP contribution in [0.1, 0.15) is 56.7 Å². The van der Waals surface area contributed by atoms with Gasteiger partial charge in [-0.15, -0.1) is 10.2 Å². The quantitative estimate of drug-likeness (QED) is 0.851. The maximum absolute atomic E-state index is 4.38. The topological polar surface area (TPSA) is 42.7 Å². The largest absolute Gasteiger partial charge is 0.316 e. The molecule has 4 nitrogen and oxygen atoms in total. The smallest absolute Gasteiger partial charge is 0.137 e. The first-order chi connectivity index (χ1) is 7.74. The Labute approximate surface area is 97.5 Å². The number of hydrogen-bond donors (Lipinski definition) is 1. The van der Waals surface area contributed by atoms with Crippen molar-refractivity contribution < 1.29 is 0 Å². The molecule has 0 saturated carbocycles. The molecular formula is C12H22N4. The second-order valence-electron chi connectivity index (χ2n) is 4.78. The Morgan fingerprint density at radius 2 is 2.31 bits per heavy atom. The van der Waals surface area contributed by atoms with Gasteiger partial charge in [-0.25, -0.2) is 0 Å². The minimum absolute atomic E-state index is 0.506. The summed E-state index contributed by atoms with van der Waals surface area (Å²) in [4.78, 5) is 0. The van der Waals surface area contributed by atoms with Crippen molar-refractivity contribution in [3.63, 3.8) is 0 Å². The van der Waals surface area contributed by atoms with Gasteiger partial charge in [0.1, 0.15) is 11.6 Å². The van der Waals surface area contributed by atoms with E-state index in [2.05, 4.69) is 40.9 Å². The highest BCUT2D eigenvalue weighted by atomic mass is 15.3. The van der Waals surface area contributed by atoms with Crippen LogP contribution in [-0.2, 0) is 0 Å². The molecule has 0 bridgehead atoms. The molecule has 1 saturated heterocycles. The molecule has 0 aliphatic carbocycles. The Morgan fingerprint density at radius 3 is 2.94 bits per heavy atom. The van der Waals surface area contributed by atoms with Crippen molar-refractivity contribution in [3.8, 4) is 0 Å². The summed E-state index contributed by atoms with van der Waals surface area (Å²) in [6.45, 7) is 8.71. The lowest BCUT2D eigenvalue weighted by atomic mass is 9.98. The molecule has 1 aliphatic heterocycles. The van der Waals surface area contributed by atoms with Crippen molar-refractivity contribution in [3.05, 3.63) is 11.6 Å². The predicted octanol–water partition coefficient (Wildman–Crippen LogP) is 2.02. The van der Waals surface area contributed by atoms with Crippen molar-refractivity contribution in [1.82, 2.24) is 20.1 Å². The van der Waals surface area contributed by atoms with E-state index in [1.54, 1.807) is 0 Å². The third-order valence-electron chi connectivity index (χ3n) is 3.59. The summed E-state index contributed by atoms with van der Waals surface area (Å²) in [7, 11) is 0. The number of rotatable bonds is 3. The summed E-state index contributed by atoms with van der Waals surface area (Å²) in [5, 5.41) is 12.1. The molecule has 0 amide bonds. The lowest BCUT2D eigenvalue weighted by Gasteiger charge is -2.24. The van der Waals surface area contributed by atoms with Gasteiger partial charge < -0.3 is 9.88 Å². The second-order valence-corrected chi connectivity index (χ2v) is 4.78. The van der Waals surface area contributed by atoms with E-state index in [4.69, 9.17) is 0 Å². The van der Waals surface area contributed by atoms with E-state index in [-0.39, 0.29) is 0 Å². The van der Waals surface area contributed by atoms with Crippen molar-refractivity contribution >= 4 is 0 Å². The van der Waals surface area contributed by atoms with Gasteiger partial charge in [0.2, 0.25) is 0 Å². The van der Waals surface area contributed by atoms with Gasteiger partial charge in [0.25, 0.3) is 0 Å². The molecule has 1 N–H and O–H groups in total. The average molecular weight is 222 g/mol. The van der Waals surface area contributed by atoms with Crippen molar-refractivity contribution in [1.29, 1.82) is 0 Å². The maximum atomic E-state index is 4.38. The highest BCUT2D eigenvalue weighted by Gasteiger charge is 2.23. The van der Waals surface area contributed by atoms with Crippen LogP contribution >= 0.6 is 0 Å². The van der Waals surface area contributed by atoms with E-state index >= 15 is 0 Å². The molecule has 1 fully saturated rings. The first-order valence-electron chi connectivity index (χ1n) is 6.36. The van der Waals surface area contributed by atoms with Crippen LogP contribution in [0.25, 0.3) is 0 Å². The molecule has 2 atom stereocenters. The molecule has 4 heteroatoms. The summed E-state index contributed by atoms with van der Waals surface area (Å²) in [6, 6.07) is 0.506. The fourth-order valence-corrected chi connectivity index (χ4v) is 2.46. The summed E-state index contributed by atoms with van der Waals surface area (Å²) in [6.07, 6.45) is 3.62. The second kappa shape index (κ2) is 4.95. The molecule has 90 valence electrons. The van der Waals surface area contributed by atoms with Crippen LogP contribution in [0.4, 0.5) is 0 Å². The molecule has 1 aromatic rings. The molecule has 1 aromatic heterocycles. The molecule has 0 aromatic carbocycles. The van der Waals surface area contributed by atoms with E-state index < -0.39 is 0 Å². The number of aryl methyl sites for hydroxylation is 1. The molecule has 2 heterocycles. The zero-order valence-corrected chi connectivity index (χ0v) is 10.5. The molecule has 2 unspecified atom stereocenters. The van der Waals surface area contributed by atoms with Gasteiger partial charge in [-0.1, -0.05) is 6.92 Å². The predicted molar refractivity (Wildman–Crippen MR) is 64.6 cm³/mol. The number of piperidine rings is 1. The molecule has 0 radical (unpaired) electrons. The Hall–Kier alpha value is -0.900. The van der Waals surface area contributed by atoms with Gasteiger partial charge in [-0.3, -0.25) is 0 Å². The lowest BCUT2D eigenvalue weighted by molar-refractivity contribution is 0.409. The molecule has 0 spiro atoms. The van der Waals surface area contributed by atoms with Crippen LogP contribution in [0.2, 0.25) is 0 Å². The minimum Gasteiger partial charge on any atom is -0.316 e. The average Bonchev–Trinajstić information content (AvgIpc) is 2.71. The summed E-state index contributed by atoms with van der Waals surface area (Å²) >= 11 is 0. The zero-order valence-electron chi connectivity index (χ0n) is 10.5. The standard InChI is InChI=1S/C12H22N4/c1-4-9(2)16-10(3)14-15-12(16)11-6-5-7-13-8-11/h9,11,13H,4-8H2,1-3H3. The van der Waals surface area contributed by atoms with Gasteiger partial charge in [0, 0.05) is 18.5 Å². The van der Waals surface area contributed by atoms with E-state index in [0.29, 0.717) is 12.0 Å². The van der Waals surface area contributed by atoms with Gasteiger partial charge in [0.15, 0.2) is 0 Å². The van der Waals surface area contributed by atoms with Gasteiger partial charge in [-0.2, -0.15) is 0 Å². The zero-order chi connectivity index (χ0) is 11.5. The van der Waals surface area contributed by atoms with Gasteiger partial charge >= 0.3 is 0 Å². The van der Waals surface area contributed by atoms with Crippen LogP contribution in [0.15, 0.2) is 0 Å². The Morgan fingerprint density at radius 1 is 1.50 bits per heavy atom. The number of nitrogens with zero attached hydrogens (tertiary/aromatic N) is 3.